The molecule has 0 unspecified atom stereocenters. The second kappa shape index (κ2) is 10.1. The molecular weight excluding hydrogens is 466 g/mol. The van der Waals surface area contributed by atoms with Crippen molar-refractivity contribution in [1.29, 1.82) is 0 Å². The SMILES string of the molecule is O=C(CCc1ncc(-c2ccc(F)cc2F)o1)OCC(=O)N1c2ccccc2CCc2ccccc21. The number of para-hydroxylation sites is 2. The molecule has 6 nitrogen and oxygen atoms in total. The standard InChI is InChI=1S/C28H22F2N2O4/c29-20-11-12-21(22(30)15-20)25-16-31-26(36-25)13-14-28(34)35-17-27(33)32-23-7-3-1-5-18(23)9-10-19-6-2-4-8-24(19)32/h1-8,11-12,15-16H,9-10,13-14,17H2. The molecule has 0 aliphatic carbocycles. The highest BCUT2D eigenvalue weighted by Crippen LogP contribution is 2.36. The Labute approximate surface area is 206 Å². The second-order valence-electron chi connectivity index (χ2n) is 8.39. The summed E-state index contributed by atoms with van der Waals surface area (Å²) in [6.07, 6.45) is 2.94. The number of aromatic nitrogens is 1. The predicted octanol–water partition coefficient (Wildman–Crippen LogP) is 5.56. The lowest BCUT2D eigenvalue weighted by Crippen LogP contribution is -2.31. The molecule has 0 saturated carbocycles. The number of anilines is 2. The van der Waals surface area contributed by atoms with Gasteiger partial charge in [0.2, 0.25) is 0 Å². The molecule has 0 radical (unpaired) electrons. The third-order valence-corrected chi connectivity index (χ3v) is 6.03. The van der Waals surface area contributed by atoms with Gasteiger partial charge in [-0.1, -0.05) is 36.4 Å². The molecule has 1 aliphatic rings. The van der Waals surface area contributed by atoms with Gasteiger partial charge in [-0.05, 0) is 48.2 Å². The zero-order valence-corrected chi connectivity index (χ0v) is 19.2. The summed E-state index contributed by atoms with van der Waals surface area (Å²) in [4.78, 5) is 31.3. The first-order chi connectivity index (χ1) is 17.5. The number of amides is 1. The number of benzene rings is 3. The smallest absolute Gasteiger partial charge is 0.306 e. The molecule has 5 rings (SSSR count). The third-order valence-electron chi connectivity index (χ3n) is 6.03. The lowest BCUT2D eigenvalue weighted by atomic mass is 10.0. The van der Waals surface area contributed by atoms with Gasteiger partial charge in [-0.25, -0.2) is 13.8 Å². The van der Waals surface area contributed by atoms with E-state index in [0.29, 0.717) is 0 Å². The first-order valence-electron chi connectivity index (χ1n) is 11.5. The Bertz CT molecular complexity index is 1390. The molecule has 1 aliphatic heterocycles. The summed E-state index contributed by atoms with van der Waals surface area (Å²) in [6.45, 7) is -0.418. The van der Waals surface area contributed by atoms with Crippen LogP contribution in [0.3, 0.4) is 0 Å². The van der Waals surface area contributed by atoms with Gasteiger partial charge in [-0.15, -0.1) is 0 Å². The molecule has 0 fully saturated rings. The lowest BCUT2D eigenvalue weighted by molar-refractivity contribution is -0.147. The van der Waals surface area contributed by atoms with Gasteiger partial charge in [0.15, 0.2) is 18.3 Å². The number of hydrogen-bond acceptors (Lipinski definition) is 5. The maximum Gasteiger partial charge on any atom is 0.306 e. The summed E-state index contributed by atoms with van der Waals surface area (Å²) < 4.78 is 37.9. The Kier molecular flexibility index (Phi) is 6.58. The molecule has 1 amide bonds. The number of ether oxygens (including phenoxy) is 1. The molecule has 4 aromatic rings. The van der Waals surface area contributed by atoms with Crippen LogP contribution in [0.15, 0.2) is 77.3 Å². The number of oxazole rings is 1. The van der Waals surface area contributed by atoms with Gasteiger partial charge < -0.3 is 9.15 Å². The van der Waals surface area contributed by atoms with Gasteiger partial charge in [-0.3, -0.25) is 14.5 Å². The Morgan fingerprint density at radius 2 is 1.61 bits per heavy atom. The van der Waals surface area contributed by atoms with E-state index in [1.807, 2.05) is 48.5 Å². The molecule has 2 heterocycles. The molecule has 3 aromatic carbocycles. The summed E-state index contributed by atoms with van der Waals surface area (Å²) in [6, 6.07) is 18.5. The number of carbonyl (C=O) groups is 2. The zero-order valence-electron chi connectivity index (χ0n) is 19.2. The average molecular weight is 488 g/mol. The van der Waals surface area contributed by atoms with Gasteiger partial charge in [0.05, 0.1) is 29.6 Å². The summed E-state index contributed by atoms with van der Waals surface area (Å²) in [5.74, 6) is -2.08. The fraction of sp³-hybridized carbons (Fsp3) is 0.179. The van der Waals surface area contributed by atoms with Crippen LogP contribution in [0, 0.1) is 11.6 Å². The number of hydrogen-bond donors (Lipinski definition) is 0. The Morgan fingerprint density at radius 1 is 0.944 bits per heavy atom. The number of fused-ring (bicyclic) bond motifs is 2. The van der Waals surface area contributed by atoms with Gasteiger partial charge in [0.1, 0.15) is 11.6 Å². The van der Waals surface area contributed by atoms with E-state index in [0.717, 1.165) is 47.5 Å². The minimum Gasteiger partial charge on any atom is -0.456 e. The number of carbonyl (C=O) groups excluding carboxylic acids is 2. The van der Waals surface area contributed by atoms with Crippen LogP contribution in [0.5, 0.6) is 0 Å². The normalized spacial score (nSPS) is 12.4. The minimum absolute atomic E-state index is 0.0707. The minimum atomic E-state index is -0.771. The van der Waals surface area contributed by atoms with Crippen molar-refractivity contribution in [3.8, 4) is 11.3 Å². The van der Waals surface area contributed by atoms with Gasteiger partial charge in [-0.2, -0.15) is 0 Å². The number of halogens is 2. The van der Waals surface area contributed by atoms with E-state index < -0.39 is 24.2 Å². The van der Waals surface area contributed by atoms with Crippen molar-refractivity contribution < 1.29 is 27.5 Å². The molecular formula is C28H22F2N2O4. The fourth-order valence-corrected chi connectivity index (χ4v) is 4.28. The van der Waals surface area contributed by atoms with Gasteiger partial charge >= 0.3 is 5.97 Å². The van der Waals surface area contributed by atoms with Crippen LogP contribution in [-0.2, 0) is 33.6 Å². The van der Waals surface area contributed by atoms with E-state index in [-0.39, 0.29) is 36.0 Å². The molecule has 8 heteroatoms. The van der Waals surface area contributed by atoms with E-state index >= 15 is 0 Å². The molecule has 0 bridgehead atoms. The molecule has 0 saturated heterocycles. The maximum atomic E-state index is 14.0. The van der Waals surface area contributed by atoms with Crippen LogP contribution in [0.1, 0.15) is 23.4 Å². The highest BCUT2D eigenvalue weighted by molar-refractivity contribution is 6.03. The first kappa shape index (κ1) is 23.4. The van der Waals surface area contributed by atoms with E-state index in [1.165, 1.54) is 12.3 Å². The van der Waals surface area contributed by atoms with Crippen LogP contribution in [-0.4, -0.2) is 23.5 Å². The topological polar surface area (TPSA) is 72.6 Å². The van der Waals surface area contributed by atoms with Crippen molar-refractivity contribution in [3.05, 3.63) is 102 Å². The molecule has 0 atom stereocenters. The average Bonchev–Trinajstić information content (AvgIpc) is 3.28. The van der Waals surface area contributed by atoms with Crippen molar-refractivity contribution in [2.24, 2.45) is 0 Å². The van der Waals surface area contributed by atoms with Crippen molar-refractivity contribution in [2.45, 2.75) is 25.7 Å². The predicted molar refractivity (Wildman–Crippen MR) is 129 cm³/mol. The van der Waals surface area contributed by atoms with E-state index in [1.54, 1.807) is 4.90 Å². The van der Waals surface area contributed by atoms with Gasteiger partial charge in [0.25, 0.3) is 5.91 Å². The lowest BCUT2D eigenvalue weighted by Gasteiger charge is -2.24. The van der Waals surface area contributed by atoms with E-state index in [9.17, 15) is 18.4 Å². The van der Waals surface area contributed by atoms with E-state index in [2.05, 4.69) is 4.98 Å². The maximum absolute atomic E-state index is 14.0. The zero-order chi connectivity index (χ0) is 25.1. The molecule has 1 aromatic heterocycles. The quantitative estimate of drug-likeness (QED) is 0.332. The summed E-state index contributed by atoms with van der Waals surface area (Å²) in [5.41, 5.74) is 3.73. The van der Waals surface area contributed by atoms with Crippen molar-refractivity contribution in [2.75, 3.05) is 11.5 Å². The summed E-state index contributed by atoms with van der Waals surface area (Å²) in [5, 5.41) is 0. The van der Waals surface area contributed by atoms with Crippen LogP contribution in [0.2, 0.25) is 0 Å². The number of rotatable bonds is 6. The highest BCUT2D eigenvalue weighted by Gasteiger charge is 2.26. The molecule has 0 N–H and O–H groups in total. The first-order valence-corrected chi connectivity index (χ1v) is 11.5. The highest BCUT2D eigenvalue weighted by atomic mass is 19.1. The summed E-state index contributed by atoms with van der Waals surface area (Å²) >= 11 is 0. The van der Waals surface area contributed by atoms with Crippen LogP contribution in [0.4, 0.5) is 20.2 Å². The van der Waals surface area contributed by atoms with Gasteiger partial charge in [0, 0.05) is 12.5 Å². The number of nitrogens with zero attached hydrogens (tertiary/aromatic N) is 2. The summed E-state index contributed by atoms with van der Waals surface area (Å²) in [7, 11) is 0. The second-order valence-corrected chi connectivity index (χ2v) is 8.39. The molecule has 0 spiro atoms. The monoisotopic (exact) mass is 488 g/mol. The van der Waals surface area contributed by atoms with E-state index in [4.69, 9.17) is 9.15 Å². The Balaban J connectivity index is 1.22. The molecule has 182 valence electrons. The van der Waals surface area contributed by atoms with Crippen molar-refractivity contribution in [1.82, 2.24) is 4.98 Å². The Morgan fingerprint density at radius 3 is 2.28 bits per heavy atom. The number of esters is 1. The van der Waals surface area contributed by atoms with Crippen molar-refractivity contribution in [3.63, 3.8) is 0 Å². The van der Waals surface area contributed by atoms with Crippen LogP contribution in [0.25, 0.3) is 11.3 Å². The van der Waals surface area contributed by atoms with Crippen molar-refractivity contribution >= 4 is 23.3 Å². The number of aryl methyl sites for hydroxylation is 3. The third kappa shape index (κ3) is 4.88. The van der Waals surface area contributed by atoms with Crippen LogP contribution >= 0.6 is 0 Å². The fourth-order valence-electron chi connectivity index (χ4n) is 4.28. The Hall–Kier alpha value is -4.33. The molecule has 36 heavy (non-hydrogen) atoms. The van der Waals surface area contributed by atoms with Crippen LogP contribution < -0.4 is 4.90 Å². The largest absolute Gasteiger partial charge is 0.456 e.